The Kier molecular flexibility index (Phi) is 10.1. The van der Waals surface area contributed by atoms with Gasteiger partial charge in [-0.05, 0) is 69.8 Å². The van der Waals surface area contributed by atoms with Gasteiger partial charge in [-0.2, -0.15) is 0 Å². The monoisotopic (exact) mass is 415 g/mol. The molecule has 1 aromatic rings. The number of halogens is 2. The van der Waals surface area contributed by atoms with Gasteiger partial charge in [-0.15, -0.1) is 24.8 Å². The van der Waals surface area contributed by atoms with Gasteiger partial charge in [-0.3, -0.25) is 4.79 Å². The number of nitrogens with two attached hydrogens (primary N) is 1. The first-order valence-corrected chi connectivity index (χ1v) is 9.96. The van der Waals surface area contributed by atoms with Crippen LogP contribution >= 0.6 is 24.8 Å². The number of rotatable bonds is 5. The van der Waals surface area contributed by atoms with Crippen molar-refractivity contribution in [1.29, 1.82) is 0 Å². The van der Waals surface area contributed by atoms with Gasteiger partial charge in [0.05, 0.1) is 5.92 Å². The predicted octanol–water partition coefficient (Wildman–Crippen LogP) is 4.40. The SMILES string of the molecule is CC1(N)CCCCC1C(=O)Nc1ccc(CCN2CCCCC2)cc1.Cl.Cl. The molecule has 2 unspecified atom stereocenters. The predicted molar refractivity (Wildman–Crippen MR) is 118 cm³/mol. The van der Waals surface area contributed by atoms with Crippen molar-refractivity contribution >= 4 is 36.4 Å². The molecule has 27 heavy (non-hydrogen) atoms. The Labute approximate surface area is 176 Å². The van der Waals surface area contributed by atoms with Crippen molar-refractivity contribution in [3.63, 3.8) is 0 Å². The van der Waals surface area contributed by atoms with Crippen LogP contribution in [0.1, 0.15) is 57.4 Å². The van der Waals surface area contributed by atoms with Gasteiger partial charge in [0.25, 0.3) is 0 Å². The fraction of sp³-hybridized carbons (Fsp3) is 0.667. The molecule has 1 aromatic carbocycles. The van der Waals surface area contributed by atoms with Gasteiger partial charge in [0.15, 0.2) is 0 Å². The smallest absolute Gasteiger partial charge is 0.229 e. The first kappa shape index (κ1) is 24.2. The maximum atomic E-state index is 12.6. The maximum absolute atomic E-state index is 12.6. The maximum Gasteiger partial charge on any atom is 0.229 e. The highest BCUT2D eigenvalue weighted by molar-refractivity contribution is 5.93. The van der Waals surface area contributed by atoms with Crippen LogP contribution < -0.4 is 11.1 Å². The molecule has 1 saturated heterocycles. The van der Waals surface area contributed by atoms with Crippen LogP contribution in [0, 0.1) is 5.92 Å². The Bertz CT molecular complexity index is 571. The molecule has 2 aliphatic rings. The zero-order valence-electron chi connectivity index (χ0n) is 16.4. The number of carbonyl (C=O) groups excluding carboxylic acids is 1. The van der Waals surface area contributed by atoms with Crippen molar-refractivity contribution in [3.05, 3.63) is 29.8 Å². The summed E-state index contributed by atoms with van der Waals surface area (Å²) in [6.45, 7) is 5.64. The quantitative estimate of drug-likeness (QED) is 0.748. The average molecular weight is 416 g/mol. The van der Waals surface area contributed by atoms with Gasteiger partial charge in [-0.25, -0.2) is 0 Å². The van der Waals surface area contributed by atoms with Gasteiger partial charge < -0.3 is 16.0 Å². The molecule has 0 spiro atoms. The second-order valence-corrected chi connectivity index (χ2v) is 8.14. The van der Waals surface area contributed by atoms with Crippen LogP contribution in [0.25, 0.3) is 0 Å². The molecule has 3 N–H and O–H groups in total. The molecule has 0 radical (unpaired) electrons. The van der Waals surface area contributed by atoms with E-state index in [-0.39, 0.29) is 42.2 Å². The van der Waals surface area contributed by atoms with E-state index in [0.717, 1.165) is 44.3 Å². The molecule has 2 atom stereocenters. The van der Waals surface area contributed by atoms with E-state index in [9.17, 15) is 4.79 Å². The fourth-order valence-electron chi connectivity index (χ4n) is 4.24. The van der Waals surface area contributed by atoms with Crippen LogP contribution in [0.4, 0.5) is 5.69 Å². The summed E-state index contributed by atoms with van der Waals surface area (Å²) in [5.74, 6) is -0.00852. The number of anilines is 1. The highest BCUT2D eigenvalue weighted by Gasteiger charge is 2.37. The number of nitrogens with zero attached hydrogens (tertiary/aromatic N) is 1. The van der Waals surface area contributed by atoms with Crippen molar-refractivity contribution < 1.29 is 4.79 Å². The Morgan fingerprint density at radius 3 is 2.41 bits per heavy atom. The lowest BCUT2D eigenvalue weighted by molar-refractivity contribution is -0.122. The first-order valence-electron chi connectivity index (χ1n) is 9.96. The molecule has 1 aliphatic heterocycles. The van der Waals surface area contributed by atoms with Gasteiger partial charge in [0.2, 0.25) is 5.91 Å². The zero-order chi connectivity index (χ0) is 17.7. The molecule has 2 fully saturated rings. The standard InChI is InChI=1S/C21H33N3O.2ClH/c1-21(22)13-4-3-7-19(21)20(25)23-18-10-8-17(9-11-18)12-16-24-14-5-2-6-15-24;;/h8-11,19H,2-7,12-16,22H2,1H3,(H,23,25);2*1H. The number of hydrogen-bond donors (Lipinski definition) is 2. The second-order valence-electron chi connectivity index (χ2n) is 8.14. The molecule has 154 valence electrons. The third-order valence-corrected chi connectivity index (χ3v) is 5.96. The zero-order valence-corrected chi connectivity index (χ0v) is 18.0. The van der Waals surface area contributed by atoms with E-state index in [1.807, 2.05) is 19.1 Å². The van der Waals surface area contributed by atoms with Gasteiger partial charge in [0.1, 0.15) is 0 Å². The van der Waals surface area contributed by atoms with Crippen LogP contribution in [0.2, 0.25) is 0 Å². The molecule has 4 nitrogen and oxygen atoms in total. The van der Waals surface area contributed by atoms with Crippen LogP contribution in [-0.4, -0.2) is 36.0 Å². The topological polar surface area (TPSA) is 58.4 Å². The summed E-state index contributed by atoms with van der Waals surface area (Å²) < 4.78 is 0. The van der Waals surface area contributed by atoms with E-state index in [1.54, 1.807) is 0 Å². The van der Waals surface area contributed by atoms with Crippen molar-refractivity contribution in [2.45, 2.75) is 63.8 Å². The lowest BCUT2D eigenvalue weighted by Gasteiger charge is -2.37. The second kappa shape index (κ2) is 11.3. The third-order valence-electron chi connectivity index (χ3n) is 5.96. The summed E-state index contributed by atoms with van der Waals surface area (Å²) in [5, 5.41) is 3.07. The summed E-state index contributed by atoms with van der Waals surface area (Å²) >= 11 is 0. The number of hydrogen-bond acceptors (Lipinski definition) is 3. The molecular weight excluding hydrogens is 381 g/mol. The number of piperidine rings is 1. The average Bonchev–Trinajstić information content (AvgIpc) is 2.61. The minimum atomic E-state index is -0.378. The molecule has 3 rings (SSSR count). The molecule has 1 heterocycles. The molecular formula is C21H35Cl2N3O. The van der Waals surface area contributed by atoms with Crippen LogP contribution in [-0.2, 0) is 11.2 Å². The number of carbonyl (C=O) groups is 1. The van der Waals surface area contributed by atoms with E-state index in [2.05, 4.69) is 22.3 Å². The molecule has 1 aliphatic carbocycles. The van der Waals surface area contributed by atoms with Crippen LogP contribution in [0.15, 0.2) is 24.3 Å². The fourth-order valence-corrected chi connectivity index (χ4v) is 4.24. The van der Waals surface area contributed by atoms with E-state index >= 15 is 0 Å². The highest BCUT2D eigenvalue weighted by Crippen LogP contribution is 2.32. The summed E-state index contributed by atoms with van der Waals surface area (Å²) in [7, 11) is 0. The Hall–Kier alpha value is -0.810. The highest BCUT2D eigenvalue weighted by atomic mass is 35.5. The van der Waals surface area contributed by atoms with Gasteiger partial charge >= 0.3 is 0 Å². The lowest BCUT2D eigenvalue weighted by atomic mass is 9.74. The van der Waals surface area contributed by atoms with Crippen LogP contribution in [0.5, 0.6) is 0 Å². The van der Waals surface area contributed by atoms with Gasteiger partial charge in [0, 0.05) is 17.8 Å². The lowest BCUT2D eigenvalue weighted by Crippen LogP contribution is -2.51. The molecule has 6 heteroatoms. The Morgan fingerprint density at radius 1 is 1.11 bits per heavy atom. The summed E-state index contributed by atoms with van der Waals surface area (Å²) in [6.07, 6.45) is 9.19. The van der Waals surface area contributed by atoms with Crippen molar-refractivity contribution in [1.82, 2.24) is 4.90 Å². The largest absolute Gasteiger partial charge is 0.326 e. The first-order chi connectivity index (χ1) is 12.0. The van der Waals surface area contributed by atoms with Crippen molar-refractivity contribution in [3.8, 4) is 0 Å². The molecule has 0 bridgehead atoms. The molecule has 0 aromatic heterocycles. The number of nitrogens with one attached hydrogen (secondary N) is 1. The normalized spacial score (nSPS) is 25.8. The third kappa shape index (κ3) is 6.94. The van der Waals surface area contributed by atoms with Crippen LogP contribution in [0.3, 0.4) is 0 Å². The van der Waals surface area contributed by atoms with Gasteiger partial charge in [-0.1, -0.05) is 31.4 Å². The summed E-state index contributed by atoms with van der Waals surface area (Å²) in [6, 6.07) is 8.34. The Balaban J connectivity index is 0.00000182. The van der Waals surface area contributed by atoms with Crippen molar-refractivity contribution in [2.24, 2.45) is 11.7 Å². The minimum absolute atomic E-state index is 0. The Morgan fingerprint density at radius 2 is 1.78 bits per heavy atom. The summed E-state index contributed by atoms with van der Waals surface area (Å²) in [5.41, 5.74) is 8.19. The number of likely N-dealkylation sites (tertiary alicyclic amines) is 1. The number of benzene rings is 1. The number of amides is 1. The molecule has 1 amide bonds. The van der Waals surface area contributed by atoms with Crippen molar-refractivity contribution in [2.75, 3.05) is 25.0 Å². The van der Waals surface area contributed by atoms with E-state index < -0.39 is 0 Å². The summed E-state index contributed by atoms with van der Waals surface area (Å²) in [4.78, 5) is 15.2. The van der Waals surface area contributed by atoms with E-state index in [4.69, 9.17) is 5.73 Å². The van der Waals surface area contributed by atoms with E-state index in [1.165, 1.54) is 37.9 Å². The molecule has 1 saturated carbocycles. The minimum Gasteiger partial charge on any atom is -0.326 e. The van der Waals surface area contributed by atoms with E-state index in [0.29, 0.717) is 0 Å².